The average Bonchev–Trinajstić information content (AvgIpc) is 3.39. The van der Waals surface area contributed by atoms with E-state index in [9.17, 15) is 4.79 Å². The highest BCUT2D eigenvalue weighted by Gasteiger charge is 2.85. The van der Waals surface area contributed by atoms with Crippen molar-refractivity contribution < 1.29 is 14.3 Å². The average molecular weight is 446 g/mol. The first-order valence-corrected chi connectivity index (χ1v) is 11.3. The number of nitrogens with zero attached hydrogens (tertiary/aromatic N) is 1. The Hall–Kier alpha value is -4.18. The number of benzene rings is 4. The molecule has 2 aliphatic rings. The number of ether oxygens (including phenoxy) is 2. The van der Waals surface area contributed by atoms with Gasteiger partial charge in [0.1, 0.15) is 5.75 Å². The van der Waals surface area contributed by atoms with E-state index in [0.29, 0.717) is 5.90 Å². The Morgan fingerprint density at radius 1 is 0.735 bits per heavy atom. The van der Waals surface area contributed by atoms with Crippen LogP contribution < -0.4 is 4.74 Å². The number of hydrogen-bond acceptors (Lipinski definition) is 4. The van der Waals surface area contributed by atoms with Crippen molar-refractivity contribution in [3.05, 3.63) is 138 Å². The molecule has 4 aromatic rings. The second-order valence-corrected chi connectivity index (χ2v) is 8.69. The molecule has 0 saturated heterocycles. The summed E-state index contributed by atoms with van der Waals surface area (Å²) < 4.78 is 11.3. The van der Waals surface area contributed by atoms with Gasteiger partial charge in [-0.15, -0.1) is 0 Å². The van der Waals surface area contributed by atoms with Crippen molar-refractivity contribution in [3.63, 3.8) is 0 Å². The molecule has 4 nitrogen and oxygen atoms in total. The minimum atomic E-state index is -1.10. The number of carbonyl (C=O) groups is 1. The molecule has 0 bridgehead atoms. The molecule has 0 N–H and O–H groups in total. The SMILES string of the molecule is COc1ccc(C2C3(N=C(c4ccccc4)OC3=O)C2(c2ccccc2)c2ccccc2)cc1. The van der Waals surface area contributed by atoms with Crippen molar-refractivity contribution >= 4 is 11.9 Å². The molecule has 0 radical (unpaired) electrons. The number of aliphatic imine (C=N–C) groups is 1. The molecule has 2 atom stereocenters. The van der Waals surface area contributed by atoms with E-state index in [4.69, 9.17) is 14.5 Å². The molecular weight excluding hydrogens is 422 g/mol. The molecule has 166 valence electrons. The maximum Gasteiger partial charge on any atom is 0.342 e. The van der Waals surface area contributed by atoms with Crippen LogP contribution in [0.15, 0.2) is 120 Å². The van der Waals surface area contributed by atoms with Crippen molar-refractivity contribution in [2.45, 2.75) is 16.9 Å². The van der Waals surface area contributed by atoms with E-state index in [-0.39, 0.29) is 11.9 Å². The molecule has 2 unspecified atom stereocenters. The summed E-state index contributed by atoms with van der Waals surface area (Å²) in [7, 11) is 1.65. The first-order chi connectivity index (χ1) is 16.7. The topological polar surface area (TPSA) is 47.9 Å². The monoisotopic (exact) mass is 445 g/mol. The summed E-state index contributed by atoms with van der Waals surface area (Å²) in [4.78, 5) is 19.0. The largest absolute Gasteiger partial charge is 0.497 e. The molecular formula is C30H23NO3. The van der Waals surface area contributed by atoms with Gasteiger partial charge < -0.3 is 9.47 Å². The molecule has 6 rings (SSSR count). The molecule has 1 aliphatic heterocycles. The fraction of sp³-hybridized carbons (Fsp3) is 0.133. The third-order valence-corrected chi connectivity index (χ3v) is 7.08. The summed E-state index contributed by atoms with van der Waals surface area (Å²) in [5.74, 6) is 0.591. The summed E-state index contributed by atoms with van der Waals surface area (Å²) in [5.41, 5.74) is 2.09. The Morgan fingerprint density at radius 3 is 1.79 bits per heavy atom. The number of esters is 1. The van der Waals surface area contributed by atoms with Gasteiger partial charge in [0.15, 0.2) is 5.54 Å². The fourth-order valence-electron chi connectivity index (χ4n) is 5.62. The number of rotatable bonds is 5. The van der Waals surface area contributed by atoms with Crippen LogP contribution >= 0.6 is 0 Å². The number of hydrogen-bond donors (Lipinski definition) is 0. The first kappa shape index (κ1) is 20.4. The molecule has 1 fully saturated rings. The highest BCUT2D eigenvalue weighted by atomic mass is 16.6. The van der Waals surface area contributed by atoms with E-state index in [0.717, 1.165) is 28.0 Å². The second-order valence-electron chi connectivity index (χ2n) is 8.69. The zero-order chi connectivity index (χ0) is 23.2. The van der Waals surface area contributed by atoms with Crippen LogP contribution in [0.2, 0.25) is 0 Å². The molecule has 4 heteroatoms. The zero-order valence-electron chi connectivity index (χ0n) is 18.7. The van der Waals surface area contributed by atoms with Crippen LogP contribution in [0.1, 0.15) is 28.2 Å². The smallest absolute Gasteiger partial charge is 0.342 e. The van der Waals surface area contributed by atoms with Crippen LogP contribution in [0, 0.1) is 0 Å². The predicted octanol–water partition coefficient (Wildman–Crippen LogP) is 5.52. The minimum absolute atomic E-state index is 0.232. The van der Waals surface area contributed by atoms with Gasteiger partial charge in [0, 0.05) is 11.5 Å². The number of cyclic esters (lactones) is 1. The van der Waals surface area contributed by atoms with E-state index in [2.05, 4.69) is 24.3 Å². The van der Waals surface area contributed by atoms with Crippen LogP contribution in [0.3, 0.4) is 0 Å². The molecule has 1 heterocycles. The van der Waals surface area contributed by atoms with Gasteiger partial charge in [0.05, 0.1) is 12.5 Å². The van der Waals surface area contributed by atoms with Crippen molar-refractivity contribution in [1.29, 1.82) is 0 Å². The van der Waals surface area contributed by atoms with Gasteiger partial charge in [0.25, 0.3) is 0 Å². The Labute approximate surface area is 198 Å². The van der Waals surface area contributed by atoms with Crippen molar-refractivity contribution in [1.82, 2.24) is 0 Å². The maximum atomic E-state index is 13.8. The lowest BCUT2D eigenvalue weighted by Crippen LogP contribution is -2.29. The third-order valence-electron chi connectivity index (χ3n) is 7.08. The summed E-state index contributed by atoms with van der Waals surface area (Å²) in [6.07, 6.45) is 0. The van der Waals surface area contributed by atoms with Crippen molar-refractivity contribution in [2.24, 2.45) is 4.99 Å². The summed E-state index contributed by atoms with van der Waals surface area (Å²) in [5, 5.41) is 0. The molecule has 4 aromatic carbocycles. The molecule has 0 aromatic heterocycles. The highest BCUT2D eigenvalue weighted by Crippen LogP contribution is 2.75. The van der Waals surface area contributed by atoms with Gasteiger partial charge in [-0.3, -0.25) is 0 Å². The Bertz CT molecular complexity index is 1330. The van der Waals surface area contributed by atoms with Crippen LogP contribution in [0.4, 0.5) is 0 Å². The normalized spacial score (nSPS) is 22.2. The lowest BCUT2D eigenvalue weighted by molar-refractivity contribution is -0.136. The van der Waals surface area contributed by atoms with E-state index < -0.39 is 11.0 Å². The van der Waals surface area contributed by atoms with Gasteiger partial charge in [-0.05, 0) is 41.0 Å². The lowest BCUT2D eigenvalue weighted by Gasteiger charge is -2.21. The van der Waals surface area contributed by atoms with Gasteiger partial charge in [-0.1, -0.05) is 91.0 Å². The van der Waals surface area contributed by atoms with E-state index >= 15 is 0 Å². The Morgan fingerprint density at radius 2 is 1.26 bits per heavy atom. The summed E-state index contributed by atoms with van der Waals surface area (Å²) in [6.45, 7) is 0. The minimum Gasteiger partial charge on any atom is -0.497 e. The van der Waals surface area contributed by atoms with Gasteiger partial charge >= 0.3 is 5.97 Å². The molecule has 1 saturated carbocycles. The van der Waals surface area contributed by atoms with E-state index in [1.807, 2.05) is 91.0 Å². The highest BCUT2D eigenvalue weighted by molar-refractivity contribution is 6.12. The van der Waals surface area contributed by atoms with Gasteiger partial charge in [-0.2, -0.15) is 0 Å². The number of carbonyl (C=O) groups excluding carboxylic acids is 1. The predicted molar refractivity (Wildman–Crippen MR) is 131 cm³/mol. The number of methoxy groups -OCH3 is 1. The van der Waals surface area contributed by atoms with Gasteiger partial charge in [0.2, 0.25) is 5.90 Å². The lowest BCUT2D eigenvalue weighted by atomic mass is 9.82. The molecule has 0 amide bonds. The second kappa shape index (κ2) is 7.70. The van der Waals surface area contributed by atoms with E-state index in [1.165, 1.54) is 0 Å². The van der Waals surface area contributed by atoms with Gasteiger partial charge in [-0.25, -0.2) is 9.79 Å². The fourth-order valence-corrected chi connectivity index (χ4v) is 5.62. The summed E-state index contributed by atoms with van der Waals surface area (Å²) >= 11 is 0. The van der Waals surface area contributed by atoms with Crippen LogP contribution in [0.25, 0.3) is 0 Å². The van der Waals surface area contributed by atoms with Crippen LogP contribution in [-0.2, 0) is 14.9 Å². The van der Waals surface area contributed by atoms with E-state index in [1.54, 1.807) is 7.11 Å². The molecule has 34 heavy (non-hydrogen) atoms. The Balaban J connectivity index is 1.63. The quantitative estimate of drug-likeness (QED) is 0.380. The maximum absolute atomic E-state index is 13.8. The first-order valence-electron chi connectivity index (χ1n) is 11.3. The van der Waals surface area contributed by atoms with Crippen molar-refractivity contribution in [3.8, 4) is 5.75 Å². The van der Waals surface area contributed by atoms with Crippen molar-refractivity contribution in [2.75, 3.05) is 7.11 Å². The third kappa shape index (κ3) is 2.72. The van der Waals surface area contributed by atoms with Crippen LogP contribution in [0.5, 0.6) is 5.75 Å². The Kier molecular flexibility index (Phi) is 4.63. The van der Waals surface area contributed by atoms with Crippen LogP contribution in [-0.4, -0.2) is 24.5 Å². The molecule has 1 aliphatic carbocycles. The zero-order valence-corrected chi connectivity index (χ0v) is 18.7. The summed E-state index contributed by atoms with van der Waals surface area (Å²) in [6, 6.07) is 37.9. The standard InChI is InChI=1S/C30H23NO3/c1-33-25-19-17-21(18-20-25)26-29(23-13-7-3-8-14-23,24-15-9-4-10-16-24)30(26)28(32)34-27(31-30)22-11-5-2-6-12-22/h2-20,26H,1H3. The molecule has 1 spiro atoms.